The highest BCUT2D eigenvalue weighted by atomic mass is 32.2. The number of esters is 1. The first-order chi connectivity index (χ1) is 15.1. The Morgan fingerprint density at radius 3 is 1.59 bits per heavy atom. The molecule has 1 aromatic carbocycles. The van der Waals surface area contributed by atoms with E-state index in [0.29, 0.717) is 49.7 Å². The van der Waals surface area contributed by atoms with Crippen LogP contribution in [0.2, 0.25) is 0 Å². The third-order valence-corrected chi connectivity index (χ3v) is 6.46. The van der Waals surface area contributed by atoms with E-state index in [4.69, 9.17) is 4.74 Å². The molecule has 182 valence electrons. The van der Waals surface area contributed by atoms with E-state index in [1.54, 1.807) is 0 Å². The number of carboxylic acids is 1. The zero-order valence-corrected chi connectivity index (χ0v) is 20.6. The number of carboxylic acid groups (broad SMARTS) is 1. The van der Waals surface area contributed by atoms with E-state index in [0.717, 1.165) is 37.7 Å². The summed E-state index contributed by atoms with van der Waals surface area (Å²) >= 11 is 0. The van der Waals surface area contributed by atoms with Crippen LogP contribution < -0.4 is 0 Å². The fourth-order valence-electron chi connectivity index (χ4n) is 3.88. The van der Waals surface area contributed by atoms with Gasteiger partial charge in [0.25, 0.3) is 10.1 Å². The molecule has 0 aliphatic heterocycles. The minimum atomic E-state index is -5.00. The lowest BCUT2D eigenvalue weighted by Gasteiger charge is -2.24. The first kappa shape index (κ1) is 28.1. The van der Waals surface area contributed by atoms with E-state index in [2.05, 4.69) is 0 Å². The van der Waals surface area contributed by atoms with Crippen molar-refractivity contribution in [2.75, 3.05) is 6.61 Å². The molecule has 32 heavy (non-hydrogen) atoms. The fourth-order valence-corrected chi connectivity index (χ4v) is 4.81. The van der Waals surface area contributed by atoms with Crippen LogP contribution in [-0.4, -0.2) is 36.6 Å². The molecule has 0 spiro atoms. The van der Waals surface area contributed by atoms with Gasteiger partial charge in [-0.3, -0.25) is 4.55 Å². The Kier molecular flexibility index (Phi) is 11.9. The van der Waals surface area contributed by atoms with Crippen molar-refractivity contribution in [3.8, 4) is 0 Å². The van der Waals surface area contributed by atoms with Crippen LogP contribution in [0.15, 0.2) is 4.90 Å². The number of carbonyl (C=O) groups excluding carboxylic acids is 1. The Morgan fingerprint density at radius 1 is 0.750 bits per heavy atom. The minimum Gasteiger partial charge on any atom is -0.478 e. The lowest BCUT2D eigenvalue weighted by atomic mass is 9.84. The van der Waals surface area contributed by atoms with Crippen LogP contribution in [0, 0.1) is 0 Å². The molecular weight excluding hydrogens is 432 g/mol. The number of aromatic carboxylic acids is 1. The van der Waals surface area contributed by atoms with E-state index >= 15 is 0 Å². The van der Waals surface area contributed by atoms with Crippen LogP contribution in [0.4, 0.5) is 0 Å². The van der Waals surface area contributed by atoms with Crippen LogP contribution in [0.5, 0.6) is 0 Å². The van der Waals surface area contributed by atoms with Gasteiger partial charge in [0, 0.05) is 0 Å². The Bertz CT molecular complexity index is 888. The van der Waals surface area contributed by atoms with E-state index in [-0.39, 0.29) is 12.2 Å². The standard InChI is InChI=1S/C24H38O7S/c1-5-9-13-17-18(14-10-6-2)20(23(25)26)22(32(28,29)30)21(19(17)15-11-7-3)24(27)31-16-12-8-4/h5-16H2,1-4H3,(H,25,26)(H,28,29,30). The predicted octanol–water partition coefficient (Wildman–Crippen LogP) is 5.62. The quantitative estimate of drug-likeness (QED) is 0.194. The summed E-state index contributed by atoms with van der Waals surface area (Å²) < 4.78 is 40.4. The summed E-state index contributed by atoms with van der Waals surface area (Å²) in [7, 11) is -5.00. The average Bonchev–Trinajstić information content (AvgIpc) is 2.73. The van der Waals surface area contributed by atoms with Crippen LogP contribution in [-0.2, 0) is 34.1 Å². The SMILES string of the molecule is CCCCOC(=O)c1c(CCCC)c(CCCC)c(CCCC)c(C(=O)O)c1S(=O)(=O)O. The Labute approximate surface area is 192 Å². The van der Waals surface area contributed by atoms with Gasteiger partial charge in [-0.25, -0.2) is 9.59 Å². The number of ether oxygens (including phenoxy) is 1. The fraction of sp³-hybridized carbons (Fsp3) is 0.667. The second kappa shape index (κ2) is 13.6. The van der Waals surface area contributed by atoms with Crippen molar-refractivity contribution >= 4 is 22.1 Å². The Balaban J connectivity index is 4.08. The van der Waals surface area contributed by atoms with Gasteiger partial charge < -0.3 is 9.84 Å². The molecule has 0 amide bonds. The molecule has 0 saturated carbocycles. The summed E-state index contributed by atoms with van der Waals surface area (Å²) in [5.74, 6) is -2.36. The second-order valence-electron chi connectivity index (χ2n) is 8.10. The van der Waals surface area contributed by atoms with E-state index in [1.807, 2.05) is 27.7 Å². The third kappa shape index (κ3) is 7.30. The number of rotatable bonds is 15. The highest BCUT2D eigenvalue weighted by molar-refractivity contribution is 7.86. The maximum absolute atomic E-state index is 13.1. The molecule has 0 heterocycles. The van der Waals surface area contributed by atoms with Crippen LogP contribution in [0.1, 0.15) is 116 Å². The topological polar surface area (TPSA) is 118 Å². The van der Waals surface area contributed by atoms with Gasteiger partial charge in [0.1, 0.15) is 4.90 Å². The van der Waals surface area contributed by atoms with Crippen molar-refractivity contribution in [1.82, 2.24) is 0 Å². The van der Waals surface area contributed by atoms with Gasteiger partial charge in [-0.05, 0) is 61.6 Å². The molecule has 0 fully saturated rings. The van der Waals surface area contributed by atoms with Gasteiger partial charge in [0.2, 0.25) is 0 Å². The van der Waals surface area contributed by atoms with Crippen LogP contribution in [0.3, 0.4) is 0 Å². The zero-order valence-electron chi connectivity index (χ0n) is 19.8. The van der Waals surface area contributed by atoms with Gasteiger partial charge in [0.15, 0.2) is 0 Å². The summed E-state index contributed by atoms with van der Waals surface area (Å²) in [5.41, 5.74) is 0.846. The number of benzene rings is 1. The van der Waals surface area contributed by atoms with Gasteiger partial charge in [-0.15, -0.1) is 0 Å². The summed E-state index contributed by atoms with van der Waals surface area (Å²) in [6.07, 6.45) is 7.28. The average molecular weight is 471 g/mol. The van der Waals surface area contributed by atoms with E-state index < -0.39 is 32.5 Å². The van der Waals surface area contributed by atoms with Crippen molar-refractivity contribution in [3.63, 3.8) is 0 Å². The van der Waals surface area contributed by atoms with Crippen molar-refractivity contribution in [2.45, 2.75) is 103 Å². The molecule has 0 aromatic heterocycles. The second-order valence-corrected chi connectivity index (χ2v) is 9.45. The monoisotopic (exact) mass is 470 g/mol. The molecule has 0 bridgehead atoms. The minimum absolute atomic E-state index is 0.0950. The van der Waals surface area contributed by atoms with Crippen LogP contribution in [0.25, 0.3) is 0 Å². The first-order valence-corrected chi connectivity index (χ1v) is 13.2. The Hall–Kier alpha value is -1.93. The molecule has 0 saturated heterocycles. The normalized spacial score (nSPS) is 11.5. The summed E-state index contributed by atoms with van der Waals surface area (Å²) in [6, 6.07) is 0. The number of unbranched alkanes of at least 4 members (excludes halogenated alkanes) is 4. The molecule has 0 atom stereocenters. The number of carbonyl (C=O) groups is 2. The maximum atomic E-state index is 13.1. The van der Waals surface area contributed by atoms with Crippen molar-refractivity contribution in [2.24, 2.45) is 0 Å². The maximum Gasteiger partial charge on any atom is 0.339 e. The van der Waals surface area contributed by atoms with Gasteiger partial charge in [0.05, 0.1) is 17.7 Å². The molecule has 1 rings (SSSR count). The lowest BCUT2D eigenvalue weighted by Crippen LogP contribution is -2.23. The van der Waals surface area contributed by atoms with E-state index in [1.165, 1.54) is 0 Å². The van der Waals surface area contributed by atoms with Crippen LogP contribution >= 0.6 is 0 Å². The van der Waals surface area contributed by atoms with Gasteiger partial charge in [-0.1, -0.05) is 53.4 Å². The van der Waals surface area contributed by atoms with Gasteiger partial charge >= 0.3 is 11.9 Å². The lowest BCUT2D eigenvalue weighted by molar-refractivity contribution is 0.0493. The molecular formula is C24H38O7S. The van der Waals surface area contributed by atoms with Crippen molar-refractivity contribution in [3.05, 3.63) is 27.8 Å². The molecule has 8 heteroatoms. The molecule has 0 radical (unpaired) electrons. The van der Waals surface area contributed by atoms with Crippen molar-refractivity contribution in [1.29, 1.82) is 0 Å². The summed E-state index contributed by atoms with van der Waals surface area (Å²) in [4.78, 5) is 24.6. The highest BCUT2D eigenvalue weighted by Crippen LogP contribution is 2.35. The predicted molar refractivity (Wildman–Crippen MR) is 124 cm³/mol. The molecule has 0 aliphatic rings. The molecule has 7 nitrogen and oxygen atoms in total. The molecule has 1 aromatic rings. The highest BCUT2D eigenvalue weighted by Gasteiger charge is 2.36. The first-order valence-electron chi connectivity index (χ1n) is 11.7. The third-order valence-electron chi connectivity index (χ3n) is 5.53. The van der Waals surface area contributed by atoms with E-state index in [9.17, 15) is 27.7 Å². The smallest absolute Gasteiger partial charge is 0.339 e. The zero-order chi connectivity index (χ0) is 24.3. The van der Waals surface area contributed by atoms with Crippen molar-refractivity contribution < 1.29 is 32.4 Å². The Morgan fingerprint density at radius 2 is 1.19 bits per heavy atom. The molecule has 2 N–H and O–H groups in total. The molecule has 0 unspecified atom stereocenters. The molecule has 0 aliphatic carbocycles. The van der Waals surface area contributed by atoms with Gasteiger partial charge in [-0.2, -0.15) is 8.42 Å². The largest absolute Gasteiger partial charge is 0.478 e. The summed E-state index contributed by atoms with van der Waals surface area (Å²) in [6.45, 7) is 7.99. The summed E-state index contributed by atoms with van der Waals surface area (Å²) in [5, 5.41) is 10.0. The number of hydrogen-bond acceptors (Lipinski definition) is 5. The number of hydrogen-bond donors (Lipinski definition) is 2.